The largest absolute Gasteiger partial charge is 0.444 e. The number of carbonyl (C=O) groups excluding carboxylic acids is 2. The van der Waals surface area contributed by atoms with E-state index in [0.29, 0.717) is 56.5 Å². The van der Waals surface area contributed by atoms with Gasteiger partial charge in [-0.1, -0.05) is 60.7 Å². The molecule has 2 aliphatic heterocycles. The number of fused-ring (bicyclic) bond motifs is 2. The van der Waals surface area contributed by atoms with Crippen LogP contribution in [-0.4, -0.2) is 78.4 Å². The molecule has 2 amide bonds. The van der Waals surface area contributed by atoms with Gasteiger partial charge in [0.05, 0.1) is 17.5 Å². The van der Waals surface area contributed by atoms with Gasteiger partial charge in [-0.3, -0.25) is 14.2 Å². The van der Waals surface area contributed by atoms with Gasteiger partial charge in [0, 0.05) is 49.9 Å². The summed E-state index contributed by atoms with van der Waals surface area (Å²) in [6, 6.07) is 25.9. The molecular weight excluding hydrogens is 618 g/mol. The van der Waals surface area contributed by atoms with E-state index in [1.54, 1.807) is 11.0 Å². The maximum Gasteiger partial charge on any atom is 0.410 e. The van der Waals surface area contributed by atoms with Crippen LogP contribution in [0.5, 0.6) is 0 Å². The molecule has 10 heteroatoms. The average molecular weight is 662 g/mol. The highest BCUT2D eigenvalue weighted by molar-refractivity contribution is 5.86. The monoisotopic (exact) mass is 661 g/mol. The second-order valence-corrected chi connectivity index (χ2v) is 14.5. The number of amides is 2. The van der Waals surface area contributed by atoms with E-state index in [-0.39, 0.29) is 35.9 Å². The highest BCUT2D eigenvalue weighted by Crippen LogP contribution is 2.36. The molecule has 3 aromatic carbocycles. The van der Waals surface area contributed by atoms with Crippen molar-refractivity contribution in [3.8, 4) is 5.69 Å². The molecular formula is C39H43N5O5. The second kappa shape index (κ2) is 12.8. The number of piperidine rings is 2. The predicted octanol–water partition coefficient (Wildman–Crippen LogP) is 5.73. The number of hydrogen-bond donors (Lipinski definition) is 1. The maximum atomic E-state index is 14.0. The minimum Gasteiger partial charge on any atom is -0.444 e. The fraction of sp³-hybridized carbons (Fsp3) is 0.385. The van der Waals surface area contributed by atoms with Crippen molar-refractivity contribution in [2.45, 2.75) is 63.7 Å². The van der Waals surface area contributed by atoms with Crippen LogP contribution in [0.1, 0.15) is 51.5 Å². The highest BCUT2D eigenvalue weighted by Gasteiger charge is 2.42. The third-order valence-corrected chi connectivity index (χ3v) is 9.96. The fourth-order valence-electron chi connectivity index (χ4n) is 7.33. The van der Waals surface area contributed by atoms with Crippen molar-refractivity contribution in [1.82, 2.24) is 23.9 Å². The molecule has 0 aliphatic carbocycles. The van der Waals surface area contributed by atoms with Crippen molar-refractivity contribution in [2.75, 3.05) is 26.2 Å². The number of likely N-dealkylation sites (tertiary alicyclic amines) is 2. The van der Waals surface area contributed by atoms with E-state index in [1.165, 1.54) is 10.9 Å². The van der Waals surface area contributed by atoms with Crippen LogP contribution < -0.4 is 5.56 Å². The Hall–Kier alpha value is -4.96. The summed E-state index contributed by atoms with van der Waals surface area (Å²) in [7, 11) is 0. The van der Waals surface area contributed by atoms with Crippen LogP contribution in [0, 0.1) is 5.92 Å². The van der Waals surface area contributed by atoms with E-state index in [4.69, 9.17) is 4.74 Å². The zero-order valence-corrected chi connectivity index (χ0v) is 28.3. The van der Waals surface area contributed by atoms with Gasteiger partial charge >= 0.3 is 6.09 Å². The van der Waals surface area contributed by atoms with E-state index in [2.05, 4.69) is 29.2 Å². The molecule has 0 bridgehead atoms. The summed E-state index contributed by atoms with van der Waals surface area (Å²) < 4.78 is 9.04. The Morgan fingerprint density at radius 2 is 1.63 bits per heavy atom. The average Bonchev–Trinajstić information content (AvgIpc) is 3.54. The standard InChI is InChI=1S/C39H43N5O5/c1-38(2,3)49-37(47)42-19-15-31(33(24-42)28-10-5-4-6-11-28)35(45)41-21-17-39(48,18-22-41)25-43-26-40-34-32(36(43)46)16-20-44(34)30-14-13-27-9-7-8-12-29(27)23-30/h4-14,16,20,23,26,31,33,48H,15,17-19,21-22,24-25H2,1-3H3/t31-,33+/m1/s1. The smallest absolute Gasteiger partial charge is 0.410 e. The molecule has 5 aromatic rings. The Bertz CT molecular complexity index is 2060. The first-order valence-electron chi connectivity index (χ1n) is 17.1. The van der Waals surface area contributed by atoms with Crippen LogP contribution in [0.3, 0.4) is 0 Å². The van der Waals surface area contributed by atoms with E-state index in [9.17, 15) is 19.5 Å². The Labute approximate surface area is 285 Å². The van der Waals surface area contributed by atoms with E-state index >= 15 is 0 Å². The number of hydrogen-bond acceptors (Lipinski definition) is 6. The van der Waals surface area contributed by atoms with Crippen molar-refractivity contribution in [1.29, 1.82) is 0 Å². The lowest BCUT2D eigenvalue weighted by Crippen LogP contribution is -2.53. The Kier molecular flexibility index (Phi) is 8.52. The van der Waals surface area contributed by atoms with E-state index in [1.807, 2.05) is 85.0 Å². The molecule has 7 rings (SSSR count). The third-order valence-electron chi connectivity index (χ3n) is 9.96. The van der Waals surface area contributed by atoms with Gasteiger partial charge in [0.25, 0.3) is 5.56 Å². The van der Waals surface area contributed by atoms with Gasteiger partial charge in [-0.15, -0.1) is 0 Å². The molecule has 0 spiro atoms. The van der Waals surface area contributed by atoms with Crippen molar-refractivity contribution >= 4 is 33.8 Å². The Morgan fingerprint density at radius 1 is 0.918 bits per heavy atom. The molecule has 4 heterocycles. The molecule has 0 saturated carbocycles. The van der Waals surface area contributed by atoms with Crippen LogP contribution in [0.4, 0.5) is 4.79 Å². The SMILES string of the molecule is CC(C)(C)OC(=O)N1CC[C@@H](C(=O)N2CCC(O)(Cn3cnc4c(ccn4-c4ccc5ccccc5c4)c3=O)CC2)[C@H](c2ccccc2)C1. The van der Waals surface area contributed by atoms with E-state index in [0.717, 1.165) is 22.0 Å². The van der Waals surface area contributed by atoms with Crippen LogP contribution in [0.15, 0.2) is 96.2 Å². The van der Waals surface area contributed by atoms with Crippen LogP contribution in [0.25, 0.3) is 27.5 Å². The maximum absolute atomic E-state index is 14.0. The number of carbonyl (C=O) groups is 2. The summed E-state index contributed by atoms with van der Waals surface area (Å²) >= 11 is 0. The molecule has 2 atom stereocenters. The molecule has 2 aromatic heterocycles. The van der Waals surface area contributed by atoms with Gasteiger partial charge in [0.1, 0.15) is 11.9 Å². The van der Waals surface area contributed by atoms with Crippen molar-refractivity contribution in [3.63, 3.8) is 0 Å². The molecule has 2 aliphatic rings. The number of aliphatic hydroxyl groups is 1. The minimum absolute atomic E-state index is 0.0371. The predicted molar refractivity (Wildman–Crippen MR) is 189 cm³/mol. The van der Waals surface area contributed by atoms with Crippen molar-refractivity contribution in [3.05, 3.63) is 107 Å². The highest BCUT2D eigenvalue weighted by atomic mass is 16.6. The number of benzene rings is 3. The van der Waals surface area contributed by atoms with Crippen molar-refractivity contribution in [2.24, 2.45) is 5.92 Å². The summed E-state index contributed by atoms with van der Waals surface area (Å²) in [5, 5.41) is 14.4. The zero-order chi connectivity index (χ0) is 34.3. The zero-order valence-electron chi connectivity index (χ0n) is 28.3. The van der Waals surface area contributed by atoms with Gasteiger partial charge in [-0.25, -0.2) is 9.78 Å². The van der Waals surface area contributed by atoms with Crippen LogP contribution in [-0.2, 0) is 16.1 Å². The Morgan fingerprint density at radius 3 is 2.37 bits per heavy atom. The van der Waals surface area contributed by atoms with Crippen LogP contribution in [0.2, 0.25) is 0 Å². The summed E-state index contributed by atoms with van der Waals surface area (Å²) in [5.74, 6) is -0.433. The molecule has 10 nitrogen and oxygen atoms in total. The molecule has 1 N–H and O–H groups in total. The summed E-state index contributed by atoms with van der Waals surface area (Å²) in [6.45, 7) is 7.24. The van der Waals surface area contributed by atoms with Gasteiger partial charge in [-0.05, 0) is 74.6 Å². The quantitative estimate of drug-likeness (QED) is 0.258. The van der Waals surface area contributed by atoms with Gasteiger partial charge in [0.2, 0.25) is 5.91 Å². The van der Waals surface area contributed by atoms with E-state index < -0.39 is 11.2 Å². The first kappa shape index (κ1) is 32.6. The lowest BCUT2D eigenvalue weighted by molar-refractivity contribution is -0.142. The number of nitrogens with zero attached hydrogens (tertiary/aromatic N) is 5. The van der Waals surface area contributed by atoms with Crippen LogP contribution >= 0.6 is 0 Å². The molecule has 49 heavy (non-hydrogen) atoms. The normalized spacial score (nSPS) is 19.7. The van der Waals surface area contributed by atoms with Gasteiger partial charge in [-0.2, -0.15) is 0 Å². The van der Waals surface area contributed by atoms with Gasteiger partial charge < -0.3 is 24.2 Å². The van der Waals surface area contributed by atoms with Gasteiger partial charge in [0.15, 0.2) is 5.65 Å². The Balaban J connectivity index is 1.04. The lowest BCUT2D eigenvalue weighted by atomic mass is 9.79. The molecule has 2 fully saturated rings. The summed E-state index contributed by atoms with van der Waals surface area (Å²) in [5.41, 5.74) is 0.523. The number of aromatic nitrogens is 3. The number of ether oxygens (including phenoxy) is 1. The molecule has 254 valence electrons. The third kappa shape index (κ3) is 6.70. The topological polar surface area (TPSA) is 110 Å². The first-order valence-corrected chi connectivity index (χ1v) is 17.1. The fourth-order valence-corrected chi connectivity index (χ4v) is 7.33. The molecule has 0 unspecified atom stereocenters. The minimum atomic E-state index is -1.16. The molecule has 0 radical (unpaired) electrons. The summed E-state index contributed by atoms with van der Waals surface area (Å²) in [4.78, 5) is 48.8. The lowest BCUT2D eigenvalue weighted by Gasteiger charge is -2.43. The first-order chi connectivity index (χ1) is 23.5. The second-order valence-electron chi connectivity index (χ2n) is 14.5. The molecule has 2 saturated heterocycles. The number of rotatable bonds is 5. The summed E-state index contributed by atoms with van der Waals surface area (Å²) in [6.07, 6.45) is 4.21. The van der Waals surface area contributed by atoms with Crippen molar-refractivity contribution < 1.29 is 19.4 Å².